The van der Waals surface area contributed by atoms with E-state index in [4.69, 9.17) is 18.0 Å². The first-order valence-electron chi connectivity index (χ1n) is 6.11. The molecule has 2 heterocycles. The normalized spacial score (nSPS) is 10.4. The average Bonchev–Trinajstić information content (AvgIpc) is 2.48. The first kappa shape index (κ1) is 12.5. The Bertz CT molecular complexity index is 763. The van der Waals surface area contributed by atoms with Gasteiger partial charge < -0.3 is 11.1 Å². The second kappa shape index (κ2) is 5.22. The van der Waals surface area contributed by atoms with Crippen LogP contribution in [0, 0.1) is 0 Å². The summed E-state index contributed by atoms with van der Waals surface area (Å²) in [7, 11) is 0. The number of benzene rings is 1. The average molecular weight is 280 g/mol. The number of rotatable bonds is 3. The number of hydrogen-bond donors (Lipinski definition) is 2. The van der Waals surface area contributed by atoms with Crippen molar-refractivity contribution >= 4 is 39.6 Å². The first-order chi connectivity index (χ1) is 9.74. The second-order valence-corrected chi connectivity index (χ2v) is 4.74. The molecule has 0 saturated heterocycles. The lowest BCUT2D eigenvalue weighted by molar-refractivity contribution is 1.30. The highest BCUT2D eigenvalue weighted by atomic mass is 32.1. The largest absolute Gasteiger partial charge is 0.389 e. The Morgan fingerprint density at radius 1 is 1.05 bits per heavy atom. The summed E-state index contributed by atoms with van der Waals surface area (Å²) in [6, 6.07) is 13.6. The van der Waals surface area contributed by atoms with Gasteiger partial charge in [-0.2, -0.15) is 0 Å². The number of fused-ring (bicyclic) bond motifs is 1. The Kier molecular flexibility index (Phi) is 3.26. The highest BCUT2D eigenvalue weighted by Crippen LogP contribution is 2.24. The number of nitrogens with two attached hydrogens (primary N) is 1. The van der Waals surface area contributed by atoms with Gasteiger partial charge in [-0.3, -0.25) is 4.98 Å². The van der Waals surface area contributed by atoms with Crippen LogP contribution in [-0.4, -0.2) is 15.0 Å². The van der Waals surface area contributed by atoms with Crippen molar-refractivity contribution in [3.05, 3.63) is 60.4 Å². The van der Waals surface area contributed by atoms with E-state index in [0.29, 0.717) is 4.99 Å². The topological polar surface area (TPSA) is 63.8 Å². The van der Waals surface area contributed by atoms with Gasteiger partial charge >= 0.3 is 0 Å². The number of pyridine rings is 2. The molecular weight excluding hydrogens is 268 g/mol. The lowest BCUT2D eigenvalue weighted by Crippen LogP contribution is -2.09. The maximum atomic E-state index is 5.55. The van der Waals surface area contributed by atoms with E-state index in [1.165, 1.54) is 0 Å². The number of anilines is 2. The Labute approximate surface area is 121 Å². The van der Waals surface area contributed by atoms with E-state index in [-0.39, 0.29) is 0 Å². The number of nitrogens with zero attached hydrogens (tertiary/aromatic N) is 2. The van der Waals surface area contributed by atoms with Gasteiger partial charge in [-0.15, -0.1) is 0 Å². The Hall–Kier alpha value is -2.53. The van der Waals surface area contributed by atoms with Gasteiger partial charge in [0.15, 0.2) is 0 Å². The van der Waals surface area contributed by atoms with Gasteiger partial charge in [0, 0.05) is 29.0 Å². The fraction of sp³-hybridized carbons (Fsp3) is 0. The van der Waals surface area contributed by atoms with Crippen molar-refractivity contribution in [3.63, 3.8) is 0 Å². The smallest absolute Gasteiger partial charge is 0.130 e. The van der Waals surface area contributed by atoms with Crippen LogP contribution in [-0.2, 0) is 0 Å². The zero-order chi connectivity index (χ0) is 13.9. The lowest BCUT2D eigenvalue weighted by atomic mass is 10.2. The summed E-state index contributed by atoms with van der Waals surface area (Å²) in [6.07, 6.45) is 3.44. The minimum Gasteiger partial charge on any atom is -0.389 e. The van der Waals surface area contributed by atoms with E-state index in [2.05, 4.69) is 15.3 Å². The molecule has 3 N–H and O–H groups in total. The van der Waals surface area contributed by atoms with Crippen molar-refractivity contribution in [2.45, 2.75) is 0 Å². The van der Waals surface area contributed by atoms with Gasteiger partial charge in [-0.25, -0.2) is 4.98 Å². The molecule has 0 spiro atoms. The van der Waals surface area contributed by atoms with Crippen LogP contribution in [0.5, 0.6) is 0 Å². The molecule has 0 unspecified atom stereocenters. The lowest BCUT2D eigenvalue weighted by Gasteiger charge is -2.09. The predicted octanol–water partition coefficient (Wildman–Crippen LogP) is 3.01. The van der Waals surface area contributed by atoms with Crippen LogP contribution in [0.15, 0.2) is 54.9 Å². The molecule has 0 fully saturated rings. The van der Waals surface area contributed by atoms with Crippen LogP contribution in [0.25, 0.3) is 10.9 Å². The number of thiocarbonyl (C=S) groups is 1. The van der Waals surface area contributed by atoms with E-state index in [0.717, 1.165) is 28.0 Å². The van der Waals surface area contributed by atoms with Gasteiger partial charge in [0.1, 0.15) is 10.8 Å². The summed E-state index contributed by atoms with van der Waals surface area (Å²) in [5, 5.41) is 4.33. The van der Waals surface area contributed by atoms with E-state index < -0.39 is 0 Å². The molecule has 3 aromatic rings. The standard InChI is InChI=1S/C15H12N4S/c16-15(20)10-6-7-14(18-9-10)19-13-5-1-4-12-11(13)3-2-8-17-12/h1-9H,(H2,16,20)(H,18,19). The zero-order valence-electron chi connectivity index (χ0n) is 10.6. The minimum absolute atomic E-state index is 0.346. The summed E-state index contributed by atoms with van der Waals surface area (Å²) < 4.78 is 0. The fourth-order valence-electron chi connectivity index (χ4n) is 1.96. The molecule has 1 aromatic carbocycles. The van der Waals surface area contributed by atoms with Gasteiger partial charge in [-0.05, 0) is 36.4 Å². The summed E-state index contributed by atoms with van der Waals surface area (Å²) in [5.41, 5.74) is 8.21. The van der Waals surface area contributed by atoms with Crippen molar-refractivity contribution in [2.75, 3.05) is 5.32 Å². The molecule has 0 aliphatic heterocycles. The second-order valence-electron chi connectivity index (χ2n) is 4.30. The molecule has 0 aliphatic rings. The van der Waals surface area contributed by atoms with Crippen LogP contribution < -0.4 is 11.1 Å². The van der Waals surface area contributed by atoms with E-state index in [1.54, 1.807) is 12.4 Å². The van der Waals surface area contributed by atoms with Crippen molar-refractivity contribution in [1.29, 1.82) is 0 Å². The zero-order valence-corrected chi connectivity index (χ0v) is 11.4. The molecule has 0 saturated carbocycles. The van der Waals surface area contributed by atoms with Gasteiger partial charge in [-0.1, -0.05) is 18.3 Å². The SMILES string of the molecule is NC(=S)c1ccc(Nc2cccc3ncccc23)nc1. The number of nitrogens with one attached hydrogen (secondary N) is 1. The maximum Gasteiger partial charge on any atom is 0.130 e. The van der Waals surface area contributed by atoms with Crippen molar-refractivity contribution in [2.24, 2.45) is 5.73 Å². The van der Waals surface area contributed by atoms with Crippen LogP contribution in [0.4, 0.5) is 11.5 Å². The molecule has 0 amide bonds. The molecule has 4 nitrogen and oxygen atoms in total. The Morgan fingerprint density at radius 2 is 1.95 bits per heavy atom. The molecule has 20 heavy (non-hydrogen) atoms. The third-order valence-corrected chi connectivity index (χ3v) is 3.19. The van der Waals surface area contributed by atoms with E-state index >= 15 is 0 Å². The molecule has 0 radical (unpaired) electrons. The summed E-state index contributed by atoms with van der Waals surface area (Å²) in [6.45, 7) is 0. The third-order valence-electron chi connectivity index (χ3n) is 2.96. The summed E-state index contributed by atoms with van der Waals surface area (Å²) >= 11 is 4.91. The highest BCUT2D eigenvalue weighted by Gasteiger charge is 2.03. The highest BCUT2D eigenvalue weighted by molar-refractivity contribution is 7.80. The van der Waals surface area contributed by atoms with Gasteiger partial charge in [0.2, 0.25) is 0 Å². The molecule has 5 heteroatoms. The maximum absolute atomic E-state index is 5.55. The number of hydrogen-bond acceptors (Lipinski definition) is 4. The molecule has 0 aliphatic carbocycles. The van der Waals surface area contributed by atoms with E-state index in [9.17, 15) is 0 Å². The summed E-state index contributed by atoms with van der Waals surface area (Å²) in [4.78, 5) is 8.98. The quantitative estimate of drug-likeness (QED) is 0.722. The molecule has 2 aromatic heterocycles. The molecule has 0 bridgehead atoms. The van der Waals surface area contributed by atoms with Gasteiger partial charge in [0.25, 0.3) is 0 Å². The monoisotopic (exact) mass is 280 g/mol. The molecular formula is C15H12N4S. The van der Waals surface area contributed by atoms with Crippen LogP contribution in [0.2, 0.25) is 0 Å². The number of aromatic nitrogens is 2. The molecule has 0 atom stereocenters. The Morgan fingerprint density at radius 3 is 2.70 bits per heavy atom. The fourth-order valence-corrected chi connectivity index (χ4v) is 2.08. The van der Waals surface area contributed by atoms with E-state index in [1.807, 2.05) is 42.5 Å². The van der Waals surface area contributed by atoms with Crippen LogP contribution in [0.1, 0.15) is 5.56 Å². The molecule has 98 valence electrons. The predicted molar refractivity (Wildman–Crippen MR) is 85.2 cm³/mol. The Balaban J connectivity index is 1.95. The van der Waals surface area contributed by atoms with Crippen molar-refractivity contribution in [1.82, 2.24) is 9.97 Å². The first-order valence-corrected chi connectivity index (χ1v) is 6.51. The van der Waals surface area contributed by atoms with Crippen molar-refractivity contribution < 1.29 is 0 Å². The summed E-state index contributed by atoms with van der Waals surface area (Å²) in [5.74, 6) is 0.737. The van der Waals surface area contributed by atoms with Gasteiger partial charge in [0.05, 0.1) is 5.52 Å². The molecule has 3 rings (SSSR count). The van der Waals surface area contributed by atoms with Crippen LogP contribution >= 0.6 is 12.2 Å². The van der Waals surface area contributed by atoms with Crippen molar-refractivity contribution in [3.8, 4) is 0 Å². The van der Waals surface area contributed by atoms with Crippen LogP contribution in [0.3, 0.4) is 0 Å². The third kappa shape index (κ3) is 2.44. The minimum atomic E-state index is 0.346.